The maximum absolute atomic E-state index is 13.6. The van der Waals surface area contributed by atoms with Crippen LogP contribution in [0.5, 0.6) is 0 Å². The number of amides is 1. The first kappa shape index (κ1) is 15.6. The monoisotopic (exact) mass is 330 g/mol. The minimum atomic E-state index is -1.23. The van der Waals surface area contributed by atoms with E-state index in [2.05, 4.69) is 21.2 Å². The van der Waals surface area contributed by atoms with Crippen molar-refractivity contribution in [1.29, 1.82) is 5.26 Å². The van der Waals surface area contributed by atoms with Crippen molar-refractivity contribution in [3.63, 3.8) is 0 Å². The fraction of sp³-hybridized carbons (Fsp3) is 0.385. The SMILES string of the molecule is CCC(C#N)(CC)C(=O)Nc1cc(F)c(Br)cc1F. The van der Waals surface area contributed by atoms with Crippen LogP contribution in [0.25, 0.3) is 0 Å². The summed E-state index contributed by atoms with van der Waals surface area (Å²) in [5, 5.41) is 11.4. The summed E-state index contributed by atoms with van der Waals surface area (Å²) in [5.74, 6) is -2.08. The number of halogens is 3. The van der Waals surface area contributed by atoms with Gasteiger partial charge in [-0.25, -0.2) is 8.78 Å². The zero-order chi connectivity index (χ0) is 14.6. The van der Waals surface area contributed by atoms with Crippen LogP contribution in [0.1, 0.15) is 26.7 Å². The van der Waals surface area contributed by atoms with Crippen LogP contribution in [-0.4, -0.2) is 5.91 Å². The molecular formula is C13H13BrF2N2O. The number of hydrogen-bond donors (Lipinski definition) is 1. The molecule has 0 saturated heterocycles. The third-order valence-corrected chi connectivity index (χ3v) is 3.72. The normalized spacial score (nSPS) is 10.9. The van der Waals surface area contributed by atoms with Crippen LogP contribution in [-0.2, 0) is 4.79 Å². The minimum absolute atomic E-state index is 0.0273. The molecule has 0 saturated carbocycles. The molecule has 0 aliphatic heterocycles. The average Bonchev–Trinajstić information content (AvgIpc) is 2.38. The van der Waals surface area contributed by atoms with E-state index in [9.17, 15) is 13.6 Å². The summed E-state index contributed by atoms with van der Waals surface area (Å²) >= 11 is 2.85. The van der Waals surface area contributed by atoms with Crippen molar-refractivity contribution in [2.45, 2.75) is 26.7 Å². The second-order valence-electron chi connectivity index (χ2n) is 4.10. The topological polar surface area (TPSA) is 52.9 Å². The second-order valence-corrected chi connectivity index (χ2v) is 4.96. The predicted molar refractivity (Wildman–Crippen MR) is 71.3 cm³/mol. The molecule has 0 spiro atoms. The predicted octanol–water partition coefficient (Wildman–Crippen LogP) is 4.00. The number of rotatable bonds is 4. The molecule has 1 rings (SSSR count). The summed E-state index contributed by atoms with van der Waals surface area (Å²) in [7, 11) is 0. The molecule has 102 valence electrons. The van der Waals surface area contributed by atoms with Crippen molar-refractivity contribution in [2.24, 2.45) is 5.41 Å². The van der Waals surface area contributed by atoms with E-state index in [-0.39, 0.29) is 10.2 Å². The first-order valence-corrected chi connectivity index (χ1v) is 6.56. The van der Waals surface area contributed by atoms with E-state index in [4.69, 9.17) is 5.26 Å². The first-order valence-electron chi connectivity index (χ1n) is 5.77. The van der Waals surface area contributed by atoms with Gasteiger partial charge in [-0.15, -0.1) is 0 Å². The Kier molecular flexibility index (Phi) is 5.01. The Labute approximate surface area is 118 Å². The number of carbonyl (C=O) groups excluding carboxylic acids is 1. The third-order valence-electron chi connectivity index (χ3n) is 3.11. The highest BCUT2D eigenvalue weighted by Crippen LogP contribution is 2.29. The van der Waals surface area contributed by atoms with E-state index in [1.807, 2.05) is 6.07 Å². The molecule has 0 unspecified atom stereocenters. The van der Waals surface area contributed by atoms with E-state index >= 15 is 0 Å². The molecule has 0 radical (unpaired) electrons. The Morgan fingerprint density at radius 1 is 1.37 bits per heavy atom. The van der Waals surface area contributed by atoms with Gasteiger partial charge in [0.1, 0.15) is 17.0 Å². The van der Waals surface area contributed by atoms with Crippen LogP contribution in [0, 0.1) is 28.4 Å². The first-order chi connectivity index (χ1) is 8.90. The zero-order valence-electron chi connectivity index (χ0n) is 10.6. The van der Waals surface area contributed by atoms with E-state index in [1.165, 1.54) is 0 Å². The van der Waals surface area contributed by atoms with Gasteiger partial charge in [0.25, 0.3) is 0 Å². The second kappa shape index (κ2) is 6.11. The third kappa shape index (κ3) is 3.10. The standard InChI is InChI=1S/C13H13BrF2N2O/c1-3-13(4-2,7-17)12(19)18-11-6-9(15)8(14)5-10(11)16/h5-6H,3-4H2,1-2H3,(H,18,19). The molecule has 0 fully saturated rings. The lowest BCUT2D eigenvalue weighted by atomic mass is 9.83. The van der Waals surface area contributed by atoms with Gasteiger partial charge < -0.3 is 5.32 Å². The van der Waals surface area contributed by atoms with E-state index in [0.717, 1.165) is 12.1 Å². The number of carbonyl (C=O) groups is 1. The Hall–Kier alpha value is -1.48. The molecule has 1 aromatic carbocycles. The van der Waals surface area contributed by atoms with Crippen LogP contribution in [0.2, 0.25) is 0 Å². The van der Waals surface area contributed by atoms with Crippen LogP contribution in [0.15, 0.2) is 16.6 Å². The van der Waals surface area contributed by atoms with Crippen molar-refractivity contribution in [1.82, 2.24) is 0 Å². The Bertz CT molecular complexity index is 536. The molecule has 0 aliphatic rings. The molecule has 0 atom stereocenters. The highest BCUT2D eigenvalue weighted by molar-refractivity contribution is 9.10. The van der Waals surface area contributed by atoms with Gasteiger partial charge in [0.2, 0.25) is 5.91 Å². The lowest BCUT2D eigenvalue weighted by Gasteiger charge is -2.22. The molecule has 0 bridgehead atoms. The Balaban J connectivity index is 3.07. The molecule has 0 heterocycles. The lowest BCUT2D eigenvalue weighted by molar-refractivity contribution is -0.123. The van der Waals surface area contributed by atoms with Gasteiger partial charge >= 0.3 is 0 Å². The van der Waals surface area contributed by atoms with Gasteiger partial charge in [0.05, 0.1) is 16.2 Å². The Morgan fingerprint density at radius 2 is 1.95 bits per heavy atom. The van der Waals surface area contributed by atoms with Gasteiger partial charge in [-0.1, -0.05) is 13.8 Å². The van der Waals surface area contributed by atoms with Crippen LogP contribution in [0.4, 0.5) is 14.5 Å². The number of anilines is 1. The highest BCUT2D eigenvalue weighted by Gasteiger charge is 2.35. The molecule has 1 amide bonds. The van der Waals surface area contributed by atoms with Gasteiger partial charge in [0, 0.05) is 6.07 Å². The number of benzene rings is 1. The van der Waals surface area contributed by atoms with Crippen LogP contribution in [0.3, 0.4) is 0 Å². The molecule has 19 heavy (non-hydrogen) atoms. The van der Waals surface area contributed by atoms with Gasteiger partial charge in [0.15, 0.2) is 0 Å². The number of hydrogen-bond acceptors (Lipinski definition) is 2. The molecule has 1 aromatic rings. The maximum atomic E-state index is 13.6. The molecule has 6 heteroatoms. The molecule has 1 N–H and O–H groups in total. The lowest BCUT2D eigenvalue weighted by Crippen LogP contribution is -2.34. The number of nitriles is 1. The summed E-state index contributed by atoms with van der Waals surface area (Å²) in [6.45, 7) is 3.40. The molecular weight excluding hydrogens is 318 g/mol. The summed E-state index contributed by atoms with van der Waals surface area (Å²) in [4.78, 5) is 12.0. The van der Waals surface area contributed by atoms with E-state index in [1.54, 1.807) is 13.8 Å². The van der Waals surface area contributed by atoms with Gasteiger partial charge in [-0.3, -0.25) is 4.79 Å². The van der Waals surface area contributed by atoms with Crippen molar-refractivity contribution < 1.29 is 13.6 Å². The fourth-order valence-electron chi connectivity index (χ4n) is 1.64. The van der Waals surface area contributed by atoms with Crippen molar-refractivity contribution >= 4 is 27.5 Å². The van der Waals surface area contributed by atoms with E-state index < -0.39 is 23.0 Å². The summed E-state index contributed by atoms with van der Waals surface area (Å²) in [6, 6.07) is 3.75. The van der Waals surface area contributed by atoms with Crippen molar-refractivity contribution in [2.75, 3.05) is 5.32 Å². The van der Waals surface area contributed by atoms with Gasteiger partial charge in [-0.2, -0.15) is 5.26 Å². The van der Waals surface area contributed by atoms with E-state index in [0.29, 0.717) is 12.8 Å². The number of nitrogens with one attached hydrogen (secondary N) is 1. The average molecular weight is 331 g/mol. The molecule has 0 aliphatic carbocycles. The van der Waals surface area contributed by atoms with Crippen LogP contribution >= 0.6 is 15.9 Å². The smallest absolute Gasteiger partial charge is 0.244 e. The zero-order valence-corrected chi connectivity index (χ0v) is 12.1. The Morgan fingerprint density at radius 3 is 2.42 bits per heavy atom. The minimum Gasteiger partial charge on any atom is -0.322 e. The number of nitrogens with zero attached hydrogens (tertiary/aromatic N) is 1. The summed E-state index contributed by atoms with van der Waals surface area (Å²) in [6.07, 6.45) is 0.596. The van der Waals surface area contributed by atoms with Crippen LogP contribution < -0.4 is 5.32 Å². The summed E-state index contributed by atoms with van der Waals surface area (Å²) < 4.78 is 26.9. The van der Waals surface area contributed by atoms with Crippen molar-refractivity contribution in [3.8, 4) is 6.07 Å². The molecule has 3 nitrogen and oxygen atoms in total. The largest absolute Gasteiger partial charge is 0.322 e. The highest BCUT2D eigenvalue weighted by atomic mass is 79.9. The van der Waals surface area contributed by atoms with Crippen molar-refractivity contribution in [3.05, 3.63) is 28.2 Å². The summed E-state index contributed by atoms with van der Waals surface area (Å²) in [5.41, 5.74) is -1.50. The quantitative estimate of drug-likeness (QED) is 0.848. The van der Waals surface area contributed by atoms with Gasteiger partial charge in [-0.05, 0) is 34.8 Å². The molecule has 0 aromatic heterocycles. The fourth-order valence-corrected chi connectivity index (χ4v) is 1.96. The maximum Gasteiger partial charge on any atom is 0.244 e.